The molecule has 1 heterocycles. The molecule has 1 saturated heterocycles. The molecule has 1 aliphatic heterocycles. The summed E-state index contributed by atoms with van der Waals surface area (Å²) < 4.78 is 10.8. The summed E-state index contributed by atoms with van der Waals surface area (Å²) in [5.74, 6) is 0. The summed E-state index contributed by atoms with van der Waals surface area (Å²) in [4.78, 5) is 0. The first-order valence-corrected chi connectivity index (χ1v) is 5.24. The molecule has 0 aliphatic carbocycles. The van der Waals surface area contributed by atoms with Crippen LogP contribution in [0.1, 0.15) is 39.0 Å². The van der Waals surface area contributed by atoms with Gasteiger partial charge < -0.3 is 14.6 Å². The lowest BCUT2D eigenvalue weighted by molar-refractivity contribution is -0.0701. The fourth-order valence-corrected chi connectivity index (χ4v) is 1.49. The molecule has 3 nitrogen and oxygen atoms in total. The Kier molecular flexibility index (Phi) is 5.35. The SMILES string of the molecule is CCCCCC[C@@H]1OC[C@H](CO)O1. The topological polar surface area (TPSA) is 38.7 Å². The molecule has 1 fully saturated rings. The minimum absolute atomic E-state index is 0.0611. The minimum atomic E-state index is -0.0869. The highest BCUT2D eigenvalue weighted by Gasteiger charge is 2.24. The molecule has 3 heteroatoms. The van der Waals surface area contributed by atoms with E-state index in [0.717, 1.165) is 12.8 Å². The van der Waals surface area contributed by atoms with Gasteiger partial charge in [0.25, 0.3) is 0 Å². The Labute approximate surface area is 80.0 Å². The van der Waals surface area contributed by atoms with Gasteiger partial charge in [-0.2, -0.15) is 0 Å². The van der Waals surface area contributed by atoms with E-state index in [1.807, 2.05) is 0 Å². The molecule has 0 saturated carbocycles. The van der Waals surface area contributed by atoms with Gasteiger partial charge in [0.1, 0.15) is 6.10 Å². The van der Waals surface area contributed by atoms with Crippen LogP contribution in [0.5, 0.6) is 0 Å². The predicted octanol–water partition coefficient (Wildman–Crippen LogP) is 1.69. The Bertz CT molecular complexity index is 127. The van der Waals surface area contributed by atoms with Gasteiger partial charge in [-0.05, 0) is 12.8 Å². The molecule has 1 rings (SSSR count). The van der Waals surface area contributed by atoms with Crippen molar-refractivity contribution in [2.45, 2.75) is 51.4 Å². The zero-order valence-electron chi connectivity index (χ0n) is 8.37. The van der Waals surface area contributed by atoms with Crippen LogP contribution in [0, 0.1) is 0 Å². The van der Waals surface area contributed by atoms with Gasteiger partial charge in [-0.3, -0.25) is 0 Å². The van der Waals surface area contributed by atoms with Crippen molar-refractivity contribution in [1.29, 1.82) is 0 Å². The zero-order valence-corrected chi connectivity index (χ0v) is 8.37. The number of hydrogen-bond donors (Lipinski definition) is 1. The van der Waals surface area contributed by atoms with Crippen LogP contribution in [0.25, 0.3) is 0 Å². The Morgan fingerprint density at radius 3 is 2.77 bits per heavy atom. The molecule has 0 bridgehead atoms. The van der Waals surface area contributed by atoms with Crippen LogP contribution in [0.2, 0.25) is 0 Å². The molecule has 78 valence electrons. The summed E-state index contributed by atoms with van der Waals surface area (Å²) in [5.41, 5.74) is 0. The highest BCUT2D eigenvalue weighted by Crippen LogP contribution is 2.17. The number of rotatable bonds is 6. The first-order valence-electron chi connectivity index (χ1n) is 5.24. The van der Waals surface area contributed by atoms with Crippen molar-refractivity contribution in [3.05, 3.63) is 0 Å². The third kappa shape index (κ3) is 4.07. The first-order chi connectivity index (χ1) is 6.36. The maximum absolute atomic E-state index is 8.79. The number of hydrogen-bond acceptors (Lipinski definition) is 3. The van der Waals surface area contributed by atoms with Crippen molar-refractivity contribution < 1.29 is 14.6 Å². The molecule has 2 atom stereocenters. The molecule has 13 heavy (non-hydrogen) atoms. The quantitative estimate of drug-likeness (QED) is 0.645. The lowest BCUT2D eigenvalue weighted by Gasteiger charge is -2.09. The normalized spacial score (nSPS) is 28.2. The summed E-state index contributed by atoms with van der Waals surface area (Å²) in [7, 11) is 0. The Balaban J connectivity index is 1.97. The van der Waals surface area contributed by atoms with E-state index in [9.17, 15) is 0 Å². The first kappa shape index (κ1) is 11.0. The van der Waals surface area contributed by atoms with Crippen LogP contribution in [0.15, 0.2) is 0 Å². The van der Waals surface area contributed by atoms with Crippen LogP contribution in [-0.2, 0) is 9.47 Å². The minimum Gasteiger partial charge on any atom is -0.394 e. The van der Waals surface area contributed by atoms with Gasteiger partial charge in [0.2, 0.25) is 0 Å². The maximum Gasteiger partial charge on any atom is 0.158 e. The number of aliphatic hydroxyl groups is 1. The largest absolute Gasteiger partial charge is 0.394 e. The summed E-state index contributed by atoms with van der Waals surface area (Å²) in [6, 6.07) is 0. The van der Waals surface area contributed by atoms with E-state index in [1.165, 1.54) is 19.3 Å². The molecule has 0 spiro atoms. The van der Waals surface area contributed by atoms with E-state index in [-0.39, 0.29) is 19.0 Å². The zero-order chi connectivity index (χ0) is 9.52. The van der Waals surface area contributed by atoms with E-state index >= 15 is 0 Å². The van der Waals surface area contributed by atoms with E-state index in [0.29, 0.717) is 6.61 Å². The van der Waals surface area contributed by atoms with Crippen LogP contribution in [-0.4, -0.2) is 30.7 Å². The smallest absolute Gasteiger partial charge is 0.158 e. The molecule has 0 aromatic rings. The molecule has 0 radical (unpaired) electrons. The van der Waals surface area contributed by atoms with Crippen LogP contribution >= 0.6 is 0 Å². The highest BCUT2D eigenvalue weighted by atomic mass is 16.7. The number of ether oxygens (including phenoxy) is 2. The Morgan fingerprint density at radius 1 is 1.31 bits per heavy atom. The third-order valence-corrected chi connectivity index (χ3v) is 2.31. The van der Waals surface area contributed by atoms with E-state index in [1.54, 1.807) is 0 Å². The van der Waals surface area contributed by atoms with Crippen molar-refractivity contribution in [2.75, 3.05) is 13.2 Å². The van der Waals surface area contributed by atoms with E-state index < -0.39 is 0 Å². The molecule has 1 N–H and O–H groups in total. The average Bonchev–Trinajstić information content (AvgIpc) is 2.60. The lowest BCUT2D eigenvalue weighted by Crippen LogP contribution is -2.16. The summed E-state index contributed by atoms with van der Waals surface area (Å²) in [6.07, 6.45) is 5.78. The molecular weight excluding hydrogens is 168 g/mol. The molecule has 0 aromatic heterocycles. The predicted molar refractivity (Wildman–Crippen MR) is 50.5 cm³/mol. The van der Waals surface area contributed by atoms with Gasteiger partial charge in [-0.25, -0.2) is 0 Å². The molecule has 0 aromatic carbocycles. The van der Waals surface area contributed by atoms with Gasteiger partial charge in [-0.15, -0.1) is 0 Å². The Morgan fingerprint density at radius 2 is 2.15 bits per heavy atom. The van der Waals surface area contributed by atoms with Crippen molar-refractivity contribution in [1.82, 2.24) is 0 Å². The van der Waals surface area contributed by atoms with Gasteiger partial charge in [0.15, 0.2) is 6.29 Å². The van der Waals surface area contributed by atoms with Crippen molar-refractivity contribution >= 4 is 0 Å². The van der Waals surface area contributed by atoms with Crippen molar-refractivity contribution in [3.8, 4) is 0 Å². The molecule has 0 amide bonds. The third-order valence-electron chi connectivity index (χ3n) is 2.31. The molecule has 1 aliphatic rings. The molecular formula is C10H20O3. The van der Waals surface area contributed by atoms with Crippen LogP contribution < -0.4 is 0 Å². The van der Waals surface area contributed by atoms with E-state index in [4.69, 9.17) is 14.6 Å². The van der Waals surface area contributed by atoms with Crippen LogP contribution in [0.4, 0.5) is 0 Å². The maximum atomic E-state index is 8.79. The average molecular weight is 188 g/mol. The summed E-state index contributed by atoms with van der Waals surface area (Å²) in [5, 5.41) is 8.79. The lowest BCUT2D eigenvalue weighted by atomic mass is 10.1. The second-order valence-corrected chi connectivity index (χ2v) is 3.55. The van der Waals surface area contributed by atoms with Gasteiger partial charge >= 0.3 is 0 Å². The number of unbranched alkanes of at least 4 members (excludes halogenated alkanes) is 3. The van der Waals surface area contributed by atoms with Gasteiger partial charge in [-0.1, -0.05) is 26.2 Å². The van der Waals surface area contributed by atoms with Gasteiger partial charge in [0, 0.05) is 0 Å². The fourth-order valence-electron chi connectivity index (χ4n) is 1.49. The highest BCUT2D eigenvalue weighted by molar-refractivity contribution is 4.63. The summed E-state index contributed by atoms with van der Waals surface area (Å²) in [6.45, 7) is 2.82. The monoisotopic (exact) mass is 188 g/mol. The summed E-state index contributed by atoms with van der Waals surface area (Å²) >= 11 is 0. The van der Waals surface area contributed by atoms with E-state index in [2.05, 4.69) is 6.92 Å². The number of aliphatic hydroxyl groups excluding tert-OH is 1. The molecule has 0 unspecified atom stereocenters. The standard InChI is InChI=1S/C10H20O3/c1-2-3-4-5-6-10-12-8-9(7-11)13-10/h9-11H,2-8H2,1H3/t9-,10+/m0/s1. The Hall–Kier alpha value is -0.120. The second kappa shape index (κ2) is 6.35. The van der Waals surface area contributed by atoms with Crippen molar-refractivity contribution in [3.63, 3.8) is 0 Å². The fraction of sp³-hybridized carbons (Fsp3) is 1.00. The van der Waals surface area contributed by atoms with Gasteiger partial charge in [0.05, 0.1) is 13.2 Å². The van der Waals surface area contributed by atoms with Crippen molar-refractivity contribution in [2.24, 2.45) is 0 Å². The second-order valence-electron chi connectivity index (χ2n) is 3.55. The van der Waals surface area contributed by atoms with Crippen LogP contribution in [0.3, 0.4) is 0 Å².